The second-order valence-corrected chi connectivity index (χ2v) is 7.45. The van der Waals surface area contributed by atoms with Crippen molar-refractivity contribution >= 4 is 35.7 Å². The van der Waals surface area contributed by atoms with Crippen LogP contribution < -0.4 is 10.5 Å². The number of nitrogens with one attached hydrogen (secondary N) is 1. The molecule has 2 rings (SSSR count). The Kier molecular flexibility index (Phi) is 9.71. The first kappa shape index (κ1) is 26.8. The van der Waals surface area contributed by atoms with Crippen molar-refractivity contribution in [3.63, 3.8) is 0 Å². The largest absolute Gasteiger partial charge is 0.481 e. The number of esters is 2. The molecule has 0 heterocycles. The van der Waals surface area contributed by atoms with Crippen LogP contribution >= 0.6 is 0 Å². The number of carbonyl (C=O) groups is 4. The number of benzene rings is 2. The molecule has 0 spiro atoms. The molecule has 184 valence electrons. The van der Waals surface area contributed by atoms with E-state index in [4.69, 9.17) is 25.7 Å². The monoisotopic (exact) mass is 481 g/mol. The number of nitrogen functional groups attached to an aromatic ring is 1. The van der Waals surface area contributed by atoms with Crippen molar-refractivity contribution in [2.45, 2.75) is 20.3 Å². The summed E-state index contributed by atoms with van der Waals surface area (Å²) in [6, 6.07) is 12.5. The first-order valence-electron chi connectivity index (χ1n) is 10.7. The lowest BCUT2D eigenvalue weighted by Crippen LogP contribution is -2.38. The number of nitrogens with zero attached hydrogens (tertiary/aromatic N) is 1. The summed E-state index contributed by atoms with van der Waals surface area (Å²) in [6.45, 7) is 2.83. The van der Waals surface area contributed by atoms with E-state index in [0.29, 0.717) is 16.9 Å². The van der Waals surface area contributed by atoms with Gasteiger partial charge in [-0.1, -0.05) is 12.1 Å². The summed E-state index contributed by atoms with van der Waals surface area (Å²) in [4.78, 5) is 49.1. The quantitative estimate of drug-likeness (QED) is 0.145. The average Bonchev–Trinajstić information content (AvgIpc) is 2.82. The second kappa shape index (κ2) is 12.7. The molecule has 0 aliphatic carbocycles. The Morgan fingerprint density at radius 2 is 1.63 bits per heavy atom. The van der Waals surface area contributed by atoms with Crippen LogP contribution in [0, 0.1) is 5.41 Å². The molecule has 0 saturated heterocycles. The first-order valence-corrected chi connectivity index (χ1v) is 10.7. The van der Waals surface area contributed by atoms with Gasteiger partial charge in [-0.2, -0.15) is 0 Å². The van der Waals surface area contributed by atoms with Gasteiger partial charge in [-0.25, -0.2) is 4.79 Å². The number of hydrogen-bond donors (Lipinski definition) is 3. The SMILES string of the molecule is CCOC(=O)CN(CCC(=O)O)C(=O)/C(C)=C/c1ccc(C(=O)Oc2ccc(C(=N)N)cc2)cc1. The molecule has 2 aromatic carbocycles. The van der Waals surface area contributed by atoms with Crippen molar-refractivity contribution in [1.29, 1.82) is 5.41 Å². The normalized spacial score (nSPS) is 10.9. The van der Waals surface area contributed by atoms with E-state index >= 15 is 0 Å². The van der Waals surface area contributed by atoms with Gasteiger partial charge >= 0.3 is 17.9 Å². The minimum atomic E-state index is -1.09. The fourth-order valence-corrected chi connectivity index (χ4v) is 2.99. The highest BCUT2D eigenvalue weighted by atomic mass is 16.5. The molecule has 0 aliphatic rings. The Hall–Kier alpha value is -4.47. The molecule has 0 aliphatic heterocycles. The summed E-state index contributed by atoms with van der Waals surface area (Å²) >= 11 is 0. The van der Waals surface area contributed by atoms with E-state index in [9.17, 15) is 19.2 Å². The van der Waals surface area contributed by atoms with E-state index in [1.807, 2.05) is 0 Å². The standard InChI is InChI=1S/C25H27N3O7/c1-3-34-22(31)15-28(13-12-21(29)30)24(32)16(2)14-17-4-6-19(7-5-17)25(33)35-20-10-8-18(9-11-20)23(26)27/h4-11,14H,3,12-13,15H2,1-2H3,(H3,26,27)(H,29,30)/b16-14+. The molecule has 0 aromatic heterocycles. The highest BCUT2D eigenvalue weighted by Crippen LogP contribution is 2.16. The molecule has 0 saturated carbocycles. The van der Waals surface area contributed by atoms with Crippen LogP contribution in [0.1, 0.15) is 41.8 Å². The summed E-state index contributed by atoms with van der Waals surface area (Å²) in [5.74, 6) is -2.60. The van der Waals surface area contributed by atoms with Gasteiger partial charge in [0.2, 0.25) is 5.91 Å². The Balaban J connectivity index is 2.09. The van der Waals surface area contributed by atoms with Crippen molar-refractivity contribution in [3.8, 4) is 5.75 Å². The molecule has 35 heavy (non-hydrogen) atoms. The van der Waals surface area contributed by atoms with E-state index in [0.717, 1.165) is 4.90 Å². The van der Waals surface area contributed by atoms with E-state index in [1.54, 1.807) is 44.2 Å². The molecule has 4 N–H and O–H groups in total. The lowest BCUT2D eigenvalue weighted by molar-refractivity contribution is -0.149. The van der Waals surface area contributed by atoms with E-state index in [1.165, 1.54) is 24.3 Å². The highest BCUT2D eigenvalue weighted by molar-refractivity contribution is 5.99. The number of nitrogens with two attached hydrogens (primary N) is 1. The van der Waals surface area contributed by atoms with Gasteiger partial charge in [-0.3, -0.25) is 19.8 Å². The average molecular weight is 482 g/mol. The summed E-state index contributed by atoms with van der Waals surface area (Å²) in [5, 5.41) is 16.3. The fourth-order valence-electron chi connectivity index (χ4n) is 2.99. The second-order valence-electron chi connectivity index (χ2n) is 7.45. The predicted octanol–water partition coefficient (Wildman–Crippen LogP) is 2.46. The van der Waals surface area contributed by atoms with E-state index in [-0.39, 0.29) is 43.1 Å². The zero-order valence-electron chi connectivity index (χ0n) is 19.4. The molecule has 10 nitrogen and oxygen atoms in total. The molecule has 0 unspecified atom stereocenters. The Bertz CT molecular complexity index is 1120. The number of amidine groups is 1. The number of hydrogen-bond acceptors (Lipinski definition) is 7. The van der Waals surface area contributed by atoms with Gasteiger partial charge in [0.25, 0.3) is 0 Å². The molecule has 0 fully saturated rings. The lowest BCUT2D eigenvalue weighted by Gasteiger charge is -2.21. The van der Waals surface area contributed by atoms with Crippen molar-refractivity contribution in [3.05, 3.63) is 70.8 Å². The lowest BCUT2D eigenvalue weighted by atomic mass is 10.1. The minimum absolute atomic E-state index is 0.0915. The molecule has 2 aromatic rings. The molecule has 1 amide bonds. The third kappa shape index (κ3) is 8.43. The fraction of sp³-hybridized carbons (Fsp3) is 0.240. The number of carbonyl (C=O) groups excluding carboxylic acids is 3. The smallest absolute Gasteiger partial charge is 0.343 e. The van der Waals surface area contributed by atoms with Crippen LogP contribution in [0.15, 0.2) is 54.1 Å². The molecule has 0 atom stereocenters. The molecular formula is C25H27N3O7. The Morgan fingerprint density at radius 3 is 2.17 bits per heavy atom. The van der Waals surface area contributed by atoms with Crippen molar-refractivity contribution in [1.82, 2.24) is 4.90 Å². The highest BCUT2D eigenvalue weighted by Gasteiger charge is 2.20. The van der Waals surface area contributed by atoms with Gasteiger partial charge in [0.15, 0.2) is 0 Å². The first-order chi connectivity index (χ1) is 16.6. The molecule has 0 bridgehead atoms. The maximum atomic E-state index is 12.8. The van der Waals surface area contributed by atoms with Crippen molar-refractivity contribution < 1.29 is 33.8 Å². The topological polar surface area (TPSA) is 160 Å². The Labute approximate surface area is 202 Å². The van der Waals surface area contributed by atoms with Crippen LogP contribution in [0.2, 0.25) is 0 Å². The molecular weight excluding hydrogens is 454 g/mol. The summed E-state index contributed by atoms with van der Waals surface area (Å²) in [5.41, 5.74) is 7.09. The van der Waals surface area contributed by atoms with E-state index < -0.39 is 23.8 Å². The van der Waals surface area contributed by atoms with Gasteiger partial charge in [0, 0.05) is 17.7 Å². The minimum Gasteiger partial charge on any atom is -0.481 e. The Morgan fingerprint density at radius 1 is 1.03 bits per heavy atom. The van der Waals surface area contributed by atoms with Crippen molar-refractivity contribution in [2.75, 3.05) is 19.7 Å². The number of carboxylic acid groups (broad SMARTS) is 1. The molecule has 0 radical (unpaired) electrons. The third-order valence-electron chi connectivity index (χ3n) is 4.75. The van der Waals surface area contributed by atoms with Crippen LogP contribution in [-0.4, -0.2) is 59.4 Å². The number of carboxylic acids is 1. The number of ether oxygens (including phenoxy) is 2. The van der Waals surface area contributed by atoms with Crippen molar-refractivity contribution in [2.24, 2.45) is 5.73 Å². The summed E-state index contributed by atoms with van der Waals surface area (Å²) in [6.07, 6.45) is 1.25. The van der Waals surface area contributed by atoms with Gasteiger partial charge in [0.1, 0.15) is 18.1 Å². The van der Waals surface area contributed by atoms with Crippen LogP contribution in [0.25, 0.3) is 6.08 Å². The van der Waals surface area contributed by atoms with Gasteiger partial charge in [-0.15, -0.1) is 0 Å². The summed E-state index contributed by atoms with van der Waals surface area (Å²) in [7, 11) is 0. The predicted molar refractivity (Wildman–Crippen MR) is 128 cm³/mol. The van der Waals surface area contributed by atoms with Crippen LogP contribution in [0.5, 0.6) is 5.75 Å². The van der Waals surface area contributed by atoms with Crippen LogP contribution in [0.3, 0.4) is 0 Å². The number of amides is 1. The zero-order chi connectivity index (χ0) is 26.0. The summed E-state index contributed by atoms with van der Waals surface area (Å²) < 4.78 is 10.2. The molecule has 10 heteroatoms. The van der Waals surface area contributed by atoms with Crippen LogP contribution in [0.4, 0.5) is 0 Å². The van der Waals surface area contributed by atoms with Gasteiger partial charge in [-0.05, 0) is 61.9 Å². The maximum Gasteiger partial charge on any atom is 0.343 e. The third-order valence-corrected chi connectivity index (χ3v) is 4.75. The van der Waals surface area contributed by atoms with Gasteiger partial charge < -0.3 is 25.2 Å². The zero-order valence-corrected chi connectivity index (χ0v) is 19.4. The van der Waals surface area contributed by atoms with Crippen LogP contribution in [-0.2, 0) is 19.1 Å². The maximum absolute atomic E-state index is 12.8. The van der Waals surface area contributed by atoms with Gasteiger partial charge in [0.05, 0.1) is 18.6 Å². The van der Waals surface area contributed by atoms with E-state index in [2.05, 4.69) is 0 Å². The number of aliphatic carboxylic acids is 1. The number of rotatable bonds is 11.